The van der Waals surface area contributed by atoms with Gasteiger partial charge >= 0.3 is 0 Å². The maximum atomic E-state index is 5.90. The molecular weight excluding hydrogens is 264 g/mol. The van der Waals surface area contributed by atoms with E-state index in [0.717, 1.165) is 12.2 Å². The van der Waals surface area contributed by atoms with Gasteiger partial charge in [-0.25, -0.2) is 0 Å². The number of anilines is 1. The molecule has 0 aliphatic rings. The number of fused-ring (bicyclic) bond motifs is 2. The fourth-order valence-electron chi connectivity index (χ4n) is 2.68. The first-order valence-electron chi connectivity index (χ1n) is 6.61. The first-order valence-corrected chi connectivity index (χ1v) is 7.49. The van der Waals surface area contributed by atoms with E-state index in [1.54, 1.807) is 11.3 Å². The molecule has 2 aromatic carbocycles. The molecule has 2 nitrogen and oxygen atoms in total. The molecule has 0 aliphatic heterocycles. The summed E-state index contributed by atoms with van der Waals surface area (Å²) < 4.78 is 3.61. The molecule has 2 aromatic heterocycles. The third kappa shape index (κ3) is 1.79. The molecule has 4 rings (SSSR count). The van der Waals surface area contributed by atoms with Crippen LogP contribution in [0.15, 0.2) is 60.1 Å². The summed E-state index contributed by atoms with van der Waals surface area (Å²) >= 11 is 1.81. The third-order valence-corrected chi connectivity index (χ3v) is 4.71. The average Bonchev–Trinajstić information content (AvgIpc) is 3.05. The van der Waals surface area contributed by atoms with Crippen molar-refractivity contribution in [2.45, 2.75) is 6.54 Å². The lowest BCUT2D eigenvalue weighted by Gasteiger charge is -2.05. The Hall–Kier alpha value is -2.26. The predicted molar refractivity (Wildman–Crippen MR) is 87.3 cm³/mol. The van der Waals surface area contributed by atoms with Gasteiger partial charge in [0.25, 0.3) is 0 Å². The van der Waals surface area contributed by atoms with Crippen molar-refractivity contribution in [1.82, 2.24) is 4.57 Å². The first-order chi connectivity index (χ1) is 9.81. The maximum Gasteiger partial charge on any atom is 0.0504 e. The van der Waals surface area contributed by atoms with E-state index in [0.29, 0.717) is 0 Å². The molecule has 0 atom stereocenters. The van der Waals surface area contributed by atoms with Crippen LogP contribution in [-0.4, -0.2) is 4.57 Å². The molecule has 0 fully saturated rings. The average molecular weight is 278 g/mol. The fourth-order valence-corrected chi connectivity index (χ4v) is 3.63. The van der Waals surface area contributed by atoms with Crippen molar-refractivity contribution in [3.05, 3.63) is 65.7 Å². The Labute approximate surface area is 121 Å². The number of hydrogen-bond donors (Lipinski definition) is 1. The molecular formula is C17H14N2S. The van der Waals surface area contributed by atoms with E-state index in [9.17, 15) is 0 Å². The van der Waals surface area contributed by atoms with Crippen LogP contribution >= 0.6 is 11.3 Å². The molecule has 0 radical (unpaired) electrons. The Kier molecular flexibility index (Phi) is 2.54. The normalized spacial score (nSPS) is 11.4. The van der Waals surface area contributed by atoms with Gasteiger partial charge in [0.05, 0.1) is 5.52 Å². The summed E-state index contributed by atoms with van der Waals surface area (Å²) in [7, 11) is 0. The molecule has 4 aromatic rings. The first kappa shape index (κ1) is 11.6. The summed E-state index contributed by atoms with van der Waals surface area (Å²) in [5.41, 5.74) is 9.28. The van der Waals surface area contributed by atoms with E-state index in [-0.39, 0.29) is 0 Å². The second kappa shape index (κ2) is 4.39. The molecule has 2 N–H and O–H groups in total. The van der Waals surface area contributed by atoms with Gasteiger partial charge in [0.15, 0.2) is 0 Å². The number of nitrogens with zero attached hydrogens (tertiary/aromatic N) is 1. The summed E-state index contributed by atoms with van der Waals surface area (Å²) in [4.78, 5) is 0. The molecule has 0 saturated carbocycles. The van der Waals surface area contributed by atoms with Gasteiger partial charge in [-0.15, -0.1) is 11.3 Å². The molecule has 0 aliphatic carbocycles. The van der Waals surface area contributed by atoms with Crippen molar-refractivity contribution >= 4 is 38.0 Å². The van der Waals surface area contributed by atoms with Crippen LogP contribution in [0.4, 0.5) is 5.69 Å². The van der Waals surface area contributed by atoms with E-state index in [4.69, 9.17) is 5.73 Å². The SMILES string of the molecule is Nc1ccc2ccn(Cc3csc4ccccc34)c2c1. The smallest absolute Gasteiger partial charge is 0.0504 e. The van der Waals surface area contributed by atoms with E-state index < -0.39 is 0 Å². The van der Waals surface area contributed by atoms with Gasteiger partial charge in [-0.05, 0) is 46.0 Å². The van der Waals surface area contributed by atoms with Gasteiger partial charge in [0.2, 0.25) is 0 Å². The Morgan fingerprint density at radius 2 is 1.95 bits per heavy atom. The second-order valence-electron chi connectivity index (χ2n) is 5.02. The summed E-state index contributed by atoms with van der Waals surface area (Å²) in [5.74, 6) is 0. The van der Waals surface area contributed by atoms with Crippen molar-refractivity contribution in [3.8, 4) is 0 Å². The molecule has 98 valence electrons. The number of thiophene rings is 1. The molecule has 0 unspecified atom stereocenters. The largest absolute Gasteiger partial charge is 0.399 e. The molecule has 3 heteroatoms. The standard InChI is InChI=1S/C17H14N2S/c18-14-6-5-12-7-8-19(16(12)9-14)10-13-11-20-17-4-2-1-3-15(13)17/h1-9,11H,10,18H2. The molecule has 0 bridgehead atoms. The summed E-state index contributed by atoms with van der Waals surface area (Å²) in [6.45, 7) is 0.886. The lowest BCUT2D eigenvalue weighted by atomic mass is 10.2. The Morgan fingerprint density at radius 3 is 2.90 bits per heavy atom. The van der Waals surface area contributed by atoms with Crippen LogP contribution in [0.25, 0.3) is 21.0 Å². The van der Waals surface area contributed by atoms with Gasteiger partial charge in [-0.1, -0.05) is 24.3 Å². The van der Waals surface area contributed by atoms with Crippen LogP contribution in [0.5, 0.6) is 0 Å². The van der Waals surface area contributed by atoms with Crippen molar-refractivity contribution < 1.29 is 0 Å². The maximum absolute atomic E-state index is 5.90. The van der Waals surface area contributed by atoms with Crippen molar-refractivity contribution in [2.75, 3.05) is 5.73 Å². The Morgan fingerprint density at radius 1 is 1.05 bits per heavy atom. The van der Waals surface area contributed by atoms with Crippen molar-refractivity contribution in [1.29, 1.82) is 0 Å². The predicted octanol–water partition coefficient (Wildman–Crippen LogP) is 4.49. The molecule has 0 saturated heterocycles. The minimum absolute atomic E-state index is 0.813. The topological polar surface area (TPSA) is 30.9 Å². The third-order valence-electron chi connectivity index (χ3n) is 3.70. The zero-order valence-corrected chi connectivity index (χ0v) is 11.7. The van der Waals surface area contributed by atoms with Crippen LogP contribution in [0, 0.1) is 0 Å². The second-order valence-corrected chi connectivity index (χ2v) is 5.93. The summed E-state index contributed by atoms with van der Waals surface area (Å²) in [6, 6.07) is 16.8. The number of nitrogens with two attached hydrogens (primary N) is 1. The number of benzene rings is 2. The van der Waals surface area contributed by atoms with Gasteiger partial charge in [0, 0.05) is 23.1 Å². The Bertz CT molecular complexity index is 902. The molecule has 2 heterocycles. The number of hydrogen-bond acceptors (Lipinski definition) is 2. The number of rotatable bonds is 2. The lowest BCUT2D eigenvalue weighted by Crippen LogP contribution is -1.97. The van der Waals surface area contributed by atoms with Gasteiger partial charge in [-0.3, -0.25) is 0 Å². The van der Waals surface area contributed by atoms with E-state index in [1.165, 1.54) is 26.6 Å². The quantitative estimate of drug-likeness (QED) is 0.538. The van der Waals surface area contributed by atoms with Crippen LogP contribution in [0.1, 0.15) is 5.56 Å². The summed E-state index contributed by atoms with van der Waals surface area (Å²) in [6.07, 6.45) is 2.14. The zero-order chi connectivity index (χ0) is 13.5. The van der Waals surface area contributed by atoms with Crippen LogP contribution in [-0.2, 0) is 6.54 Å². The highest BCUT2D eigenvalue weighted by Gasteiger charge is 2.06. The minimum atomic E-state index is 0.813. The monoisotopic (exact) mass is 278 g/mol. The van der Waals surface area contributed by atoms with E-state index >= 15 is 0 Å². The van der Waals surface area contributed by atoms with Gasteiger partial charge in [0.1, 0.15) is 0 Å². The number of aromatic nitrogens is 1. The highest BCUT2D eigenvalue weighted by molar-refractivity contribution is 7.17. The van der Waals surface area contributed by atoms with Crippen molar-refractivity contribution in [2.24, 2.45) is 0 Å². The molecule has 0 amide bonds. The van der Waals surface area contributed by atoms with Crippen LogP contribution in [0.2, 0.25) is 0 Å². The number of nitrogen functional groups attached to an aromatic ring is 1. The fraction of sp³-hybridized carbons (Fsp3) is 0.0588. The van der Waals surface area contributed by atoms with Gasteiger partial charge in [-0.2, -0.15) is 0 Å². The van der Waals surface area contributed by atoms with E-state index in [1.807, 2.05) is 12.1 Å². The highest BCUT2D eigenvalue weighted by Crippen LogP contribution is 2.28. The molecule has 20 heavy (non-hydrogen) atoms. The minimum Gasteiger partial charge on any atom is -0.399 e. The molecule has 0 spiro atoms. The van der Waals surface area contributed by atoms with Gasteiger partial charge < -0.3 is 10.3 Å². The van der Waals surface area contributed by atoms with Crippen LogP contribution < -0.4 is 5.73 Å². The summed E-state index contributed by atoms with van der Waals surface area (Å²) in [5, 5.41) is 4.84. The van der Waals surface area contributed by atoms with Crippen molar-refractivity contribution in [3.63, 3.8) is 0 Å². The van der Waals surface area contributed by atoms with Crippen LogP contribution in [0.3, 0.4) is 0 Å². The highest BCUT2D eigenvalue weighted by atomic mass is 32.1. The Balaban J connectivity index is 1.82. The van der Waals surface area contributed by atoms with E-state index in [2.05, 4.69) is 52.5 Å². The lowest BCUT2D eigenvalue weighted by molar-refractivity contribution is 0.846. The zero-order valence-electron chi connectivity index (χ0n) is 10.9.